The number of carbonyl (C=O) groups is 1. The lowest BCUT2D eigenvalue weighted by Crippen LogP contribution is -2.45. The lowest BCUT2D eigenvalue weighted by Gasteiger charge is -2.36. The minimum Gasteiger partial charge on any atom is -0.299 e. The van der Waals surface area contributed by atoms with E-state index in [0.29, 0.717) is 36.2 Å². The number of aromatic amines is 1. The Morgan fingerprint density at radius 3 is 2.83 bits per heavy atom. The van der Waals surface area contributed by atoms with Gasteiger partial charge in [-0.3, -0.25) is 9.89 Å². The Hall–Kier alpha value is -0.930. The molecule has 23 heavy (non-hydrogen) atoms. The first kappa shape index (κ1) is 16.9. The van der Waals surface area contributed by atoms with E-state index in [1.807, 2.05) is 13.8 Å². The number of H-pyrrole nitrogens is 1. The Morgan fingerprint density at radius 1 is 1.48 bits per heavy atom. The molecule has 128 valence electrons. The summed E-state index contributed by atoms with van der Waals surface area (Å²) >= 11 is 1.40. The number of sulfonamides is 1. The third-order valence-corrected chi connectivity index (χ3v) is 8.03. The van der Waals surface area contributed by atoms with Gasteiger partial charge < -0.3 is 0 Å². The second-order valence-electron chi connectivity index (χ2n) is 6.96. The van der Waals surface area contributed by atoms with Gasteiger partial charge in [0.05, 0.1) is 5.75 Å². The number of thioether (sulfide) groups is 1. The van der Waals surface area contributed by atoms with E-state index in [2.05, 4.69) is 19.9 Å². The van der Waals surface area contributed by atoms with Gasteiger partial charge in [-0.2, -0.15) is 5.10 Å². The Kier molecular flexibility index (Phi) is 4.31. The number of nitrogens with one attached hydrogen (secondary N) is 2. The molecule has 2 atom stereocenters. The minimum absolute atomic E-state index is 0.0880. The largest absolute Gasteiger partial charge is 0.299 e. The van der Waals surface area contributed by atoms with Gasteiger partial charge in [-0.1, -0.05) is 25.6 Å². The first-order chi connectivity index (χ1) is 10.8. The number of hydrogen-bond donors (Lipinski definition) is 2. The molecule has 9 heteroatoms. The highest BCUT2D eigenvalue weighted by Crippen LogP contribution is 2.64. The average Bonchev–Trinajstić information content (AvgIpc) is 3.10. The SMILES string of the molecule is CC1(C)[C@@H]2CC[C@@]1(CS(=O)(=O)NCCSc1ncn[nH]1)C(=O)C2. The summed E-state index contributed by atoms with van der Waals surface area (Å²) in [4.78, 5) is 16.4. The number of carbonyl (C=O) groups excluding carboxylic acids is 1. The fourth-order valence-corrected chi connectivity index (χ4v) is 6.70. The van der Waals surface area contributed by atoms with Crippen molar-refractivity contribution in [3.8, 4) is 0 Å². The summed E-state index contributed by atoms with van der Waals surface area (Å²) in [6, 6.07) is 0. The standard InChI is InChI=1S/C14H22N4O3S2/c1-13(2)10-3-4-14(13,11(19)7-10)8-23(20,21)17-5-6-22-12-15-9-16-18-12/h9-10,17H,3-8H2,1-2H3,(H,15,16,18)/t10-,14-/m1/s1. The van der Waals surface area contributed by atoms with Gasteiger partial charge in [0.2, 0.25) is 10.0 Å². The van der Waals surface area contributed by atoms with E-state index in [-0.39, 0.29) is 17.0 Å². The highest BCUT2D eigenvalue weighted by Gasteiger charge is 2.65. The van der Waals surface area contributed by atoms with Gasteiger partial charge in [-0.25, -0.2) is 18.1 Å². The third kappa shape index (κ3) is 2.94. The number of hydrogen-bond acceptors (Lipinski definition) is 6. The number of rotatable bonds is 7. The molecule has 0 aliphatic heterocycles. The molecule has 1 aromatic heterocycles. The number of nitrogens with zero attached hydrogens (tertiary/aromatic N) is 2. The normalized spacial score (nSPS) is 29.3. The van der Waals surface area contributed by atoms with Crippen LogP contribution in [0.1, 0.15) is 33.1 Å². The summed E-state index contributed by atoms with van der Waals surface area (Å²) in [6.45, 7) is 4.40. The fraction of sp³-hybridized carbons (Fsp3) is 0.786. The molecule has 3 rings (SSSR count). The smallest absolute Gasteiger partial charge is 0.212 e. The number of fused-ring (bicyclic) bond motifs is 2. The van der Waals surface area contributed by atoms with Gasteiger partial charge in [0, 0.05) is 24.1 Å². The van der Waals surface area contributed by atoms with E-state index in [9.17, 15) is 13.2 Å². The zero-order valence-electron chi connectivity index (χ0n) is 13.3. The van der Waals surface area contributed by atoms with Crippen molar-refractivity contribution in [3.05, 3.63) is 6.33 Å². The zero-order chi connectivity index (χ0) is 16.7. The molecule has 1 aromatic rings. The molecule has 0 unspecified atom stereocenters. The summed E-state index contributed by atoms with van der Waals surface area (Å²) in [5.74, 6) is 0.920. The molecule has 0 saturated heterocycles. The molecule has 2 fully saturated rings. The predicted molar refractivity (Wildman–Crippen MR) is 87.5 cm³/mol. The van der Waals surface area contributed by atoms with E-state index in [4.69, 9.17) is 0 Å². The Bertz CT molecular complexity index is 687. The molecule has 1 heterocycles. The molecule has 2 saturated carbocycles. The Balaban J connectivity index is 1.59. The van der Waals surface area contributed by atoms with Crippen molar-refractivity contribution in [2.24, 2.45) is 16.7 Å². The van der Waals surface area contributed by atoms with Crippen LogP contribution >= 0.6 is 11.8 Å². The molecule has 2 bridgehead atoms. The molecule has 0 amide bonds. The van der Waals surface area contributed by atoms with Gasteiger partial charge >= 0.3 is 0 Å². The van der Waals surface area contributed by atoms with Crippen molar-refractivity contribution in [2.45, 2.75) is 38.3 Å². The van der Waals surface area contributed by atoms with Crippen LogP contribution in [-0.4, -0.2) is 47.4 Å². The van der Waals surface area contributed by atoms with E-state index in [0.717, 1.165) is 6.42 Å². The molecule has 7 nitrogen and oxygen atoms in total. The van der Waals surface area contributed by atoms with E-state index in [1.165, 1.54) is 18.1 Å². The number of Topliss-reactive ketones (excluding diaryl/α,β-unsaturated/α-hetero) is 1. The van der Waals surface area contributed by atoms with Gasteiger partial charge in [-0.15, -0.1) is 0 Å². The van der Waals surface area contributed by atoms with Crippen molar-refractivity contribution in [1.82, 2.24) is 19.9 Å². The molecule has 0 spiro atoms. The van der Waals surface area contributed by atoms with Crippen LogP contribution in [0.15, 0.2) is 11.5 Å². The maximum atomic E-state index is 12.5. The van der Waals surface area contributed by atoms with Crippen LogP contribution in [-0.2, 0) is 14.8 Å². The highest BCUT2D eigenvalue weighted by atomic mass is 32.2. The highest BCUT2D eigenvalue weighted by molar-refractivity contribution is 7.99. The van der Waals surface area contributed by atoms with E-state index < -0.39 is 15.4 Å². The van der Waals surface area contributed by atoms with E-state index in [1.54, 1.807) is 0 Å². The molecule has 0 radical (unpaired) electrons. The van der Waals surface area contributed by atoms with Gasteiger partial charge in [0.15, 0.2) is 5.16 Å². The van der Waals surface area contributed by atoms with Crippen LogP contribution in [0.5, 0.6) is 0 Å². The van der Waals surface area contributed by atoms with Crippen LogP contribution in [0.25, 0.3) is 0 Å². The Labute approximate surface area is 140 Å². The first-order valence-electron chi connectivity index (χ1n) is 7.76. The number of ketones is 1. The third-order valence-electron chi connectivity index (χ3n) is 5.63. The van der Waals surface area contributed by atoms with Crippen LogP contribution < -0.4 is 4.72 Å². The number of aromatic nitrogens is 3. The maximum absolute atomic E-state index is 12.5. The molecular formula is C14H22N4O3S2. The lowest BCUT2D eigenvalue weighted by molar-refractivity contribution is -0.128. The van der Waals surface area contributed by atoms with Crippen LogP contribution in [0.4, 0.5) is 0 Å². The molecular weight excluding hydrogens is 336 g/mol. The molecule has 0 aromatic carbocycles. The van der Waals surface area contributed by atoms with Crippen molar-refractivity contribution >= 4 is 27.6 Å². The van der Waals surface area contributed by atoms with Crippen molar-refractivity contribution < 1.29 is 13.2 Å². The summed E-state index contributed by atoms with van der Waals surface area (Å²) in [6.07, 6.45) is 3.59. The van der Waals surface area contributed by atoms with Crippen molar-refractivity contribution in [3.63, 3.8) is 0 Å². The summed E-state index contributed by atoms with van der Waals surface area (Å²) < 4.78 is 27.5. The summed E-state index contributed by atoms with van der Waals surface area (Å²) in [5, 5.41) is 7.11. The van der Waals surface area contributed by atoms with Crippen LogP contribution in [0, 0.1) is 16.7 Å². The first-order valence-corrected chi connectivity index (χ1v) is 10.4. The predicted octanol–water partition coefficient (Wildman–Crippen LogP) is 1.21. The van der Waals surface area contributed by atoms with Gasteiger partial charge in [-0.05, 0) is 24.2 Å². The minimum atomic E-state index is -3.48. The fourth-order valence-electron chi connectivity index (χ4n) is 4.09. The monoisotopic (exact) mass is 358 g/mol. The van der Waals surface area contributed by atoms with Gasteiger partial charge in [0.1, 0.15) is 12.1 Å². The van der Waals surface area contributed by atoms with Crippen LogP contribution in [0.2, 0.25) is 0 Å². The Morgan fingerprint density at radius 2 is 2.26 bits per heavy atom. The summed E-state index contributed by atoms with van der Waals surface area (Å²) in [5.41, 5.74) is -0.936. The van der Waals surface area contributed by atoms with Crippen molar-refractivity contribution in [2.75, 3.05) is 18.1 Å². The van der Waals surface area contributed by atoms with Gasteiger partial charge in [0.25, 0.3) is 0 Å². The average molecular weight is 358 g/mol. The lowest BCUT2D eigenvalue weighted by atomic mass is 9.70. The zero-order valence-corrected chi connectivity index (χ0v) is 15.0. The molecule has 2 N–H and O–H groups in total. The van der Waals surface area contributed by atoms with Crippen molar-refractivity contribution in [1.29, 1.82) is 0 Å². The topological polar surface area (TPSA) is 105 Å². The maximum Gasteiger partial charge on any atom is 0.212 e. The summed E-state index contributed by atoms with van der Waals surface area (Å²) in [7, 11) is -3.48. The molecule has 2 aliphatic rings. The molecule has 2 aliphatic carbocycles. The van der Waals surface area contributed by atoms with E-state index >= 15 is 0 Å². The second-order valence-corrected chi connectivity index (χ2v) is 9.85. The van der Waals surface area contributed by atoms with Crippen LogP contribution in [0.3, 0.4) is 0 Å². The second kappa shape index (κ2) is 5.86. The quantitative estimate of drug-likeness (QED) is 0.561.